The Labute approximate surface area is 260 Å². The first-order chi connectivity index (χ1) is 19.9. The molecular formula is C30H40N4O4P2S2. The number of nitrogens with zero attached hydrogens (tertiary/aromatic N) is 4. The molecule has 0 aliphatic heterocycles. The van der Waals surface area contributed by atoms with Crippen LogP contribution in [0.15, 0.2) is 83.0 Å². The Morgan fingerprint density at radius 1 is 0.667 bits per heavy atom. The number of hydrogen-bond acceptors (Lipinski definition) is 8. The molecule has 0 fully saturated rings. The number of hydrazone groups is 2. The Morgan fingerprint density at radius 2 is 0.976 bits per heavy atom. The molecule has 0 aromatic heterocycles. The monoisotopic (exact) mass is 646 g/mol. The lowest BCUT2D eigenvalue weighted by Crippen LogP contribution is -2.30. The van der Waals surface area contributed by atoms with E-state index in [9.17, 15) is 10.2 Å². The number of ether oxygens (including phenoxy) is 2. The molecule has 8 nitrogen and oxygen atoms in total. The van der Waals surface area contributed by atoms with Crippen LogP contribution in [0.5, 0.6) is 23.0 Å². The minimum absolute atomic E-state index is 0.191. The fourth-order valence-corrected chi connectivity index (χ4v) is 7.96. The second kappa shape index (κ2) is 15.0. The molecule has 0 radical (unpaired) electrons. The maximum absolute atomic E-state index is 9.56. The highest BCUT2D eigenvalue weighted by Crippen LogP contribution is 2.46. The summed E-state index contributed by atoms with van der Waals surface area (Å²) < 4.78 is 16.3. The van der Waals surface area contributed by atoms with E-state index in [1.807, 2.05) is 68.7 Å². The molecule has 12 heteroatoms. The summed E-state index contributed by atoms with van der Waals surface area (Å²) in [6.07, 6.45) is 4.96. The molecule has 0 saturated carbocycles. The second-order valence-corrected chi connectivity index (χ2v) is 17.1. The maximum atomic E-state index is 9.56. The number of phenolic OH excluding ortho intramolecular Hbond substituents is 2. The van der Waals surface area contributed by atoms with Gasteiger partial charge < -0.3 is 19.7 Å². The zero-order valence-corrected chi connectivity index (χ0v) is 28.4. The average Bonchev–Trinajstić information content (AvgIpc) is 3.00. The summed E-state index contributed by atoms with van der Waals surface area (Å²) in [5.74, 6) is 1.79. The normalized spacial score (nSPS) is 16.0. The SMILES string of the molecule is CCC(C)(Oc1ccc(O)cc1)[PH](=S)N(C)N=Cc1ccc(OC(C)(CC)[PH](=S)N(C)N=Cc2ccc(O)cc2)cc1. The molecule has 3 aromatic rings. The number of hydrogen-bond donors (Lipinski definition) is 2. The highest BCUT2D eigenvalue weighted by atomic mass is 32.4. The van der Waals surface area contributed by atoms with Crippen LogP contribution in [0.1, 0.15) is 51.7 Å². The molecular weight excluding hydrogens is 606 g/mol. The van der Waals surface area contributed by atoms with Gasteiger partial charge in [-0.25, -0.2) is 0 Å². The van der Waals surface area contributed by atoms with Gasteiger partial charge in [-0.1, -0.05) is 37.5 Å². The molecule has 3 rings (SSSR count). The van der Waals surface area contributed by atoms with Crippen molar-refractivity contribution in [1.29, 1.82) is 0 Å². The van der Waals surface area contributed by atoms with Crippen LogP contribution in [0.25, 0.3) is 0 Å². The van der Waals surface area contributed by atoms with Crippen LogP contribution in [0.3, 0.4) is 0 Å². The van der Waals surface area contributed by atoms with Gasteiger partial charge in [-0.3, -0.25) is 9.56 Å². The van der Waals surface area contributed by atoms with Crippen LogP contribution in [-0.2, 0) is 23.6 Å². The third-order valence-electron chi connectivity index (χ3n) is 6.90. The van der Waals surface area contributed by atoms with Crippen LogP contribution in [-0.4, -0.2) is 57.0 Å². The average molecular weight is 647 g/mol. The Kier molecular flexibility index (Phi) is 12.0. The first kappa shape index (κ1) is 33.6. The molecule has 0 bridgehead atoms. The lowest BCUT2D eigenvalue weighted by Gasteiger charge is -2.34. The Morgan fingerprint density at radius 3 is 1.33 bits per heavy atom. The quantitative estimate of drug-likeness (QED) is 0.108. The van der Waals surface area contributed by atoms with Crippen molar-refractivity contribution in [3.8, 4) is 23.0 Å². The van der Waals surface area contributed by atoms with Crippen LogP contribution in [0.2, 0.25) is 0 Å². The van der Waals surface area contributed by atoms with Gasteiger partial charge in [0.1, 0.15) is 33.7 Å². The van der Waals surface area contributed by atoms with E-state index in [1.165, 1.54) is 0 Å². The van der Waals surface area contributed by atoms with Gasteiger partial charge in [-0.2, -0.15) is 10.2 Å². The van der Waals surface area contributed by atoms with Crippen molar-refractivity contribution in [2.45, 2.75) is 51.2 Å². The second-order valence-electron chi connectivity index (χ2n) is 10.2. The first-order valence-corrected chi connectivity index (χ1v) is 18.8. The molecule has 0 spiro atoms. The molecule has 42 heavy (non-hydrogen) atoms. The van der Waals surface area contributed by atoms with Gasteiger partial charge in [0.15, 0.2) is 0 Å². The summed E-state index contributed by atoms with van der Waals surface area (Å²) in [5.41, 5.74) is 1.79. The van der Waals surface area contributed by atoms with E-state index in [1.54, 1.807) is 61.0 Å². The molecule has 2 N–H and O–H groups in total. The molecule has 0 saturated heterocycles. The van der Waals surface area contributed by atoms with Crippen LogP contribution >= 0.6 is 13.7 Å². The lowest BCUT2D eigenvalue weighted by atomic mass is 10.2. The summed E-state index contributed by atoms with van der Waals surface area (Å²) in [4.78, 5) is 0. The molecule has 226 valence electrons. The fourth-order valence-electron chi connectivity index (χ4n) is 3.85. The minimum Gasteiger partial charge on any atom is -0.508 e. The third-order valence-corrected chi connectivity index (χ3v) is 15.2. The van der Waals surface area contributed by atoms with E-state index >= 15 is 0 Å². The summed E-state index contributed by atoms with van der Waals surface area (Å²) in [6, 6.07) is 21.3. The van der Waals surface area contributed by atoms with Crippen molar-refractivity contribution < 1.29 is 19.7 Å². The Hall–Kier alpha value is -2.90. The van der Waals surface area contributed by atoms with Gasteiger partial charge in [0, 0.05) is 14.1 Å². The maximum Gasteiger partial charge on any atom is 0.149 e. The Balaban J connectivity index is 1.63. The smallest absolute Gasteiger partial charge is 0.149 e. The van der Waals surface area contributed by atoms with Crippen molar-refractivity contribution in [2.75, 3.05) is 14.1 Å². The topological polar surface area (TPSA) is 90.1 Å². The minimum atomic E-state index is -1.64. The molecule has 0 aliphatic carbocycles. The molecule has 3 aromatic carbocycles. The van der Waals surface area contributed by atoms with Gasteiger partial charge in [-0.05, 0) is 111 Å². The van der Waals surface area contributed by atoms with E-state index in [2.05, 4.69) is 17.1 Å². The van der Waals surface area contributed by atoms with Gasteiger partial charge in [-0.15, -0.1) is 0 Å². The zero-order chi connectivity index (χ0) is 30.9. The molecule has 0 amide bonds. The third kappa shape index (κ3) is 9.05. The number of aromatic hydroxyl groups is 2. The highest BCUT2D eigenvalue weighted by molar-refractivity contribution is 8.04. The number of benzene rings is 3. The highest BCUT2D eigenvalue weighted by Gasteiger charge is 2.32. The number of rotatable bonds is 14. The Bertz CT molecular complexity index is 1420. The predicted molar refractivity (Wildman–Crippen MR) is 183 cm³/mol. The largest absolute Gasteiger partial charge is 0.508 e. The summed E-state index contributed by atoms with van der Waals surface area (Å²) >= 11 is 11.8. The molecule has 0 aliphatic rings. The standard InChI is InChI=1S/C30H40N4O4P2S2/c1-7-29(3,39(41)33(5)31-21-23-9-13-25(35)14-10-23)37-27-17-11-24(12-18-27)22-32-34(6)40(42)30(4,8-2)38-28-19-15-26(36)16-20-28/h9-22,35-36,39-40H,7-8H2,1-6H3. The van der Waals surface area contributed by atoms with Crippen molar-refractivity contribution in [3.05, 3.63) is 83.9 Å². The van der Waals surface area contributed by atoms with Gasteiger partial charge in [0.05, 0.1) is 26.1 Å². The van der Waals surface area contributed by atoms with E-state index in [0.29, 0.717) is 5.75 Å². The van der Waals surface area contributed by atoms with Crippen LogP contribution < -0.4 is 9.47 Å². The summed E-state index contributed by atoms with van der Waals surface area (Å²) in [5, 5.41) is 27.1. The van der Waals surface area contributed by atoms with Gasteiger partial charge in [0.25, 0.3) is 0 Å². The molecule has 4 unspecified atom stereocenters. The lowest BCUT2D eigenvalue weighted by molar-refractivity contribution is 0.171. The van der Waals surface area contributed by atoms with Crippen molar-refractivity contribution in [2.24, 2.45) is 10.2 Å². The van der Waals surface area contributed by atoms with Crippen molar-refractivity contribution >= 4 is 49.7 Å². The van der Waals surface area contributed by atoms with Crippen LogP contribution in [0, 0.1) is 0 Å². The van der Waals surface area contributed by atoms with Gasteiger partial charge >= 0.3 is 0 Å². The van der Waals surface area contributed by atoms with Crippen LogP contribution in [0.4, 0.5) is 0 Å². The summed E-state index contributed by atoms with van der Waals surface area (Å²) in [6.45, 7) is 4.89. The van der Waals surface area contributed by atoms with Gasteiger partial charge in [0.2, 0.25) is 0 Å². The molecule has 4 atom stereocenters. The van der Waals surface area contributed by atoms with E-state index in [4.69, 9.17) is 33.1 Å². The predicted octanol–water partition coefficient (Wildman–Crippen LogP) is 7.22. The van der Waals surface area contributed by atoms with E-state index in [-0.39, 0.29) is 11.5 Å². The number of phenols is 2. The van der Waals surface area contributed by atoms with Crippen molar-refractivity contribution in [3.63, 3.8) is 0 Å². The fraction of sp³-hybridized carbons (Fsp3) is 0.333. The summed E-state index contributed by atoms with van der Waals surface area (Å²) in [7, 11) is 3.75. The van der Waals surface area contributed by atoms with E-state index < -0.39 is 24.4 Å². The zero-order valence-electron chi connectivity index (χ0n) is 24.8. The van der Waals surface area contributed by atoms with E-state index in [0.717, 1.165) is 29.7 Å². The van der Waals surface area contributed by atoms with Crippen molar-refractivity contribution in [1.82, 2.24) is 9.56 Å². The first-order valence-electron chi connectivity index (χ1n) is 13.6. The molecule has 0 heterocycles.